The Labute approximate surface area is 287 Å². The summed E-state index contributed by atoms with van der Waals surface area (Å²) in [5.74, 6) is 0. The Balaban J connectivity index is 1.18. The number of benzene rings is 9. The molecule has 0 aliphatic rings. The van der Waals surface area contributed by atoms with E-state index in [2.05, 4.69) is 158 Å². The van der Waals surface area contributed by atoms with Crippen LogP contribution in [0.2, 0.25) is 0 Å². The smallest absolute Gasteiger partial charge is 0.147 e. The van der Waals surface area contributed by atoms with Crippen molar-refractivity contribution in [3.63, 3.8) is 0 Å². The largest absolute Gasteiger partial charge is 0.456 e. The number of hydrogen-bond donors (Lipinski definition) is 0. The third-order valence-electron chi connectivity index (χ3n) is 10.4. The van der Waals surface area contributed by atoms with Crippen molar-refractivity contribution in [1.82, 2.24) is 0 Å². The Hall–Kier alpha value is -6.64. The van der Waals surface area contributed by atoms with Gasteiger partial charge in [-0.2, -0.15) is 0 Å². The first-order valence-corrected chi connectivity index (χ1v) is 17.1. The molecule has 0 bridgehead atoms. The monoisotopic (exact) mass is 636 g/mol. The van der Waals surface area contributed by atoms with Crippen LogP contribution in [0.25, 0.3) is 110 Å². The Morgan fingerprint density at radius 3 is 1.56 bits per heavy atom. The molecule has 232 valence electrons. The molecule has 0 aliphatic heterocycles. The first-order chi connectivity index (χ1) is 24.8. The van der Waals surface area contributed by atoms with E-state index in [1.54, 1.807) is 0 Å². The fraction of sp³-hybridized carbons (Fsp3) is 0. The van der Waals surface area contributed by atoms with Gasteiger partial charge in [0, 0.05) is 16.2 Å². The normalized spacial score (nSPS) is 12.0. The molecule has 0 N–H and O–H groups in total. The van der Waals surface area contributed by atoms with Gasteiger partial charge in [0.2, 0.25) is 0 Å². The molecule has 11 rings (SSSR count). The molecule has 50 heavy (non-hydrogen) atoms. The molecule has 0 saturated heterocycles. The van der Waals surface area contributed by atoms with Gasteiger partial charge >= 0.3 is 0 Å². The van der Waals surface area contributed by atoms with Gasteiger partial charge in [0.1, 0.15) is 22.3 Å². The van der Waals surface area contributed by atoms with Crippen LogP contribution in [0.3, 0.4) is 0 Å². The van der Waals surface area contributed by atoms with E-state index >= 15 is 0 Å². The molecule has 2 heteroatoms. The maximum absolute atomic E-state index is 6.65. The van der Waals surface area contributed by atoms with Crippen LogP contribution in [0.15, 0.2) is 179 Å². The van der Waals surface area contributed by atoms with Crippen molar-refractivity contribution in [2.75, 3.05) is 0 Å². The van der Waals surface area contributed by atoms with E-state index in [4.69, 9.17) is 8.83 Å². The van der Waals surface area contributed by atoms with Gasteiger partial charge in [-0.3, -0.25) is 0 Å². The highest BCUT2D eigenvalue weighted by molar-refractivity contribution is 6.29. The lowest BCUT2D eigenvalue weighted by Gasteiger charge is -2.18. The van der Waals surface area contributed by atoms with Crippen LogP contribution in [-0.4, -0.2) is 0 Å². The van der Waals surface area contributed by atoms with E-state index < -0.39 is 0 Å². The van der Waals surface area contributed by atoms with E-state index in [0.717, 1.165) is 60.4 Å². The van der Waals surface area contributed by atoms with E-state index in [9.17, 15) is 0 Å². The SMILES string of the molecule is c1ccc(-c2c3ccccc3c(-c3cccc(-c4cc5oc6ccc7c8ccccc8oc7c6c5c5ccccc45)c3)c3ccccc23)cc1. The lowest BCUT2D eigenvalue weighted by molar-refractivity contribution is 0.663. The Kier molecular flexibility index (Phi) is 5.70. The zero-order valence-corrected chi connectivity index (χ0v) is 27.0. The van der Waals surface area contributed by atoms with E-state index in [0.29, 0.717) is 0 Å². The molecule has 0 aliphatic carbocycles. The first-order valence-electron chi connectivity index (χ1n) is 17.1. The van der Waals surface area contributed by atoms with Gasteiger partial charge in [-0.1, -0.05) is 140 Å². The van der Waals surface area contributed by atoms with Crippen LogP contribution in [0.1, 0.15) is 0 Å². The summed E-state index contributed by atoms with van der Waals surface area (Å²) in [6, 6.07) is 60.8. The maximum Gasteiger partial charge on any atom is 0.147 e. The van der Waals surface area contributed by atoms with E-state index in [-0.39, 0.29) is 0 Å². The van der Waals surface area contributed by atoms with Crippen molar-refractivity contribution in [2.24, 2.45) is 0 Å². The quantitative estimate of drug-likeness (QED) is 0.180. The topological polar surface area (TPSA) is 26.3 Å². The van der Waals surface area contributed by atoms with Crippen LogP contribution in [0.4, 0.5) is 0 Å². The molecule has 0 radical (unpaired) electrons. The summed E-state index contributed by atoms with van der Waals surface area (Å²) >= 11 is 0. The summed E-state index contributed by atoms with van der Waals surface area (Å²) in [6.07, 6.45) is 0. The van der Waals surface area contributed by atoms with Crippen LogP contribution in [-0.2, 0) is 0 Å². The number of furan rings is 2. The van der Waals surface area contributed by atoms with Crippen molar-refractivity contribution in [3.8, 4) is 33.4 Å². The van der Waals surface area contributed by atoms with Crippen molar-refractivity contribution < 1.29 is 8.83 Å². The molecule has 0 saturated carbocycles. The van der Waals surface area contributed by atoms with Crippen molar-refractivity contribution in [3.05, 3.63) is 170 Å². The average molecular weight is 637 g/mol. The number of hydrogen-bond acceptors (Lipinski definition) is 2. The summed E-state index contributed by atoms with van der Waals surface area (Å²) in [6.45, 7) is 0. The second-order valence-corrected chi connectivity index (χ2v) is 13.1. The fourth-order valence-corrected chi connectivity index (χ4v) is 8.34. The number of fused-ring (bicyclic) bond motifs is 11. The van der Waals surface area contributed by atoms with Crippen molar-refractivity contribution in [2.45, 2.75) is 0 Å². The maximum atomic E-state index is 6.65. The summed E-state index contributed by atoms with van der Waals surface area (Å²) in [5.41, 5.74) is 10.7. The van der Waals surface area contributed by atoms with Gasteiger partial charge in [0.15, 0.2) is 0 Å². The van der Waals surface area contributed by atoms with Crippen molar-refractivity contribution >= 4 is 76.2 Å². The molecule has 11 aromatic rings. The van der Waals surface area contributed by atoms with Gasteiger partial charge < -0.3 is 8.83 Å². The predicted octanol–water partition coefficient (Wildman–Crippen LogP) is 13.9. The van der Waals surface area contributed by atoms with Gasteiger partial charge in [-0.15, -0.1) is 0 Å². The summed E-state index contributed by atoms with van der Waals surface area (Å²) in [7, 11) is 0. The number of rotatable bonds is 3. The predicted molar refractivity (Wildman–Crippen MR) is 210 cm³/mol. The van der Waals surface area contributed by atoms with Crippen LogP contribution >= 0.6 is 0 Å². The van der Waals surface area contributed by atoms with Gasteiger partial charge in [0.25, 0.3) is 0 Å². The highest BCUT2D eigenvalue weighted by Gasteiger charge is 2.21. The molecular weight excluding hydrogens is 609 g/mol. The number of para-hydroxylation sites is 1. The van der Waals surface area contributed by atoms with Gasteiger partial charge in [0.05, 0.1) is 5.39 Å². The first kappa shape index (κ1) is 27.3. The van der Waals surface area contributed by atoms with Crippen LogP contribution in [0.5, 0.6) is 0 Å². The second-order valence-electron chi connectivity index (χ2n) is 13.1. The lowest BCUT2D eigenvalue weighted by Crippen LogP contribution is -1.91. The summed E-state index contributed by atoms with van der Waals surface area (Å²) < 4.78 is 13.2. The van der Waals surface area contributed by atoms with E-state index in [1.165, 1.54) is 49.2 Å². The molecule has 9 aromatic carbocycles. The van der Waals surface area contributed by atoms with Crippen molar-refractivity contribution in [1.29, 1.82) is 0 Å². The van der Waals surface area contributed by atoms with Gasteiger partial charge in [-0.25, -0.2) is 0 Å². The van der Waals surface area contributed by atoms with E-state index in [1.807, 2.05) is 12.1 Å². The Morgan fingerprint density at radius 2 is 0.840 bits per heavy atom. The highest BCUT2D eigenvalue weighted by atomic mass is 16.3. The molecular formula is C48H28O2. The summed E-state index contributed by atoms with van der Waals surface area (Å²) in [4.78, 5) is 0. The molecule has 0 atom stereocenters. The Bertz CT molecular complexity index is 3080. The van der Waals surface area contributed by atoms with Crippen LogP contribution < -0.4 is 0 Å². The minimum atomic E-state index is 0.832. The average Bonchev–Trinajstić information content (AvgIpc) is 3.75. The minimum Gasteiger partial charge on any atom is -0.456 e. The zero-order valence-electron chi connectivity index (χ0n) is 27.0. The second kappa shape index (κ2) is 10.4. The van der Waals surface area contributed by atoms with Gasteiger partial charge in [-0.05, 0) is 96.0 Å². The lowest BCUT2D eigenvalue weighted by atomic mass is 9.85. The highest BCUT2D eigenvalue weighted by Crippen LogP contribution is 2.47. The minimum absolute atomic E-state index is 0.832. The molecule has 2 aromatic heterocycles. The standard InChI is InChI=1S/C48H28O2/c1-2-13-29(14-3-1)44-35-20-6-8-22-37(35)45(38-23-9-7-21-36(38)44)31-16-12-15-30(27-31)40-28-43-46(34-19-5-4-17-32(34)40)47-42(49-43)26-25-39-33-18-10-11-24-41(33)50-48(39)47/h1-28H. The molecule has 0 unspecified atom stereocenters. The Morgan fingerprint density at radius 1 is 0.280 bits per heavy atom. The zero-order chi connectivity index (χ0) is 32.8. The molecule has 2 nitrogen and oxygen atoms in total. The molecule has 0 spiro atoms. The molecule has 0 fully saturated rings. The summed E-state index contributed by atoms with van der Waals surface area (Å²) in [5, 5.41) is 11.7. The fourth-order valence-electron chi connectivity index (χ4n) is 8.34. The molecule has 2 heterocycles. The third kappa shape index (κ3) is 3.85. The van der Waals surface area contributed by atoms with Crippen LogP contribution in [0, 0.1) is 0 Å². The third-order valence-corrected chi connectivity index (χ3v) is 10.4. The molecule has 0 amide bonds.